The number of alkyl halides is 3. The van der Waals surface area contributed by atoms with Gasteiger partial charge in [0, 0.05) is 31.6 Å². The highest BCUT2D eigenvalue weighted by molar-refractivity contribution is 5.80. The normalized spacial score (nSPS) is 15.1. The van der Waals surface area contributed by atoms with Crippen molar-refractivity contribution in [1.82, 2.24) is 5.32 Å². The monoisotopic (exact) mass is 417 g/mol. The van der Waals surface area contributed by atoms with Crippen molar-refractivity contribution in [3.8, 4) is 0 Å². The minimum Gasteiger partial charge on any atom is -0.466 e. The second kappa shape index (κ2) is 9.57. The molecule has 0 atom stereocenters. The van der Waals surface area contributed by atoms with Crippen molar-refractivity contribution in [3.63, 3.8) is 0 Å². The molecule has 0 unspecified atom stereocenters. The Morgan fingerprint density at radius 2 is 1.97 bits per heavy atom. The first kappa shape index (κ1) is 22.4. The summed E-state index contributed by atoms with van der Waals surface area (Å²) in [5.74, 6) is -0.963. The van der Waals surface area contributed by atoms with Crippen LogP contribution in [0.5, 0.6) is 0 Å². The summed E-state index contributed by atoms with van der Waals surface area (Å²) in [6, 6.07) is 2.45. The highest BCUT2D eigenvalue weighted by Gasteiger charge is 2.34. The van der Waals surface area contributed by atoms with Crippen molar-refractivity contribution in [2.24, 2.45) is 5.92 Å². The van der Waals surface area contributed by atoms with Gasteiger partial charge in [0.2, 0.25) is 5.91 Å². The number of ether oxygens (including phenoxy) is 1. The summed E-state index contributed by atoms with van der Waals surface area (Å²) in [7, 11) is 0. The number of amides is 1. The number of halogens is 3. The van der Waals surface area contributed by atoms with Gasteiger partial charge in [0.1, 0.15) is 5.69 Å². The number of hydrogen-bond donors (Lipinski definition) is 1. The molecule has 1 aromatic rings. The third kappa shape index (κ3) is 6.06. The highest BCUT2D eigenvalue weighted by atomic mass is 19.4. The van der Waals surface area contributed by atoms with Crippen LogP contribution in [0.25, 0.3) is 0 Å². The molecule has 8 nitrogen and oxygen atoms in total. The third-order valence-corrected chi connectivity index (χ3v) is 4.64. The Morgan fingerprint density at radius 3 is 2.52 bits per heavy atom. The van der Waals surface area contributed by atoms with E-state index in [-0.39, 0.29) is 37.1 Å². The lowest BCUT2D eigenvalue weighted by atomic mass is 9.95. The molecule has 160 valence electrons. The highest BCUT2D eigenvalue weighted by Crippen LogP contribution is 2.37. The van der Waals surface area contributed by atoms with Crippen LogP contribution >= 0.6 is 0 Å². The minimum atomic E-state index is -4.67. The lowest BCUT2D eigenvalue weighted by Crippen LogP contribution is -2.41. The van der Waals surface area contributed by atoms with E-state index in [1.54, 1.807) is 11.8 Å². The maximum Gasteiger partial charge on any atom is 0.416 e. The molecule has 0 radical (unpaired) electrons. The Bertz CT molecular complexity index is 762. The number of rotatable bonds is 7. The van der Waals surface area contributed by atoms with Crippen LogP contribution in [0.1, 0.15) is 31.7 Å². The Morgan fingerprint density at radius 1 is 1.31 bits per heavy atom. The molecule has 0 bridgehead atoms. The van der Waals surface area contributed by atoms with Crippen molar-refractivity contribution in [3.05, 3.63) is 33.9 Å². The fraction of sp³-hybridized carbons (Fsp3) is 0.556. The Labute approximate surface area is 165 Å². The topological polar surface area (TPSA) is 102 Å². The van der Waals surface area contributed by atoms with Gasteiger partial charge in [-0.25, -0.2) is 0 Å². The van der Waals surface area contributed by atoms with Crippen LogP contribution in [-0.2, 0) is 20.5 Å². The predicted molar refractivity (Wildman–Crippen MR) is 97.3 cm³/mol. The summed E-state index contributed by atoms with van der Waals surface area (Å²) >= 11 is 0. The zero-order valence-electron chi connectivity index (χ0n) is 15.8. The first-order chi connectivity index (χ1) is 13.6. The molecule has 1 saturated heterocycles. The molecule has 0 aromatic heterocycles. The van der Waals surface area contributed by atoms with E-state index in [2.05, 4.69) is 5.32 Å². The molecule has 0 saturated carbocycles. The van der Waals surface area contributed by atoms with Gasteiger partial charge in [0.05, 0.1) is 23.5 Å². The molecule has 1 aliphatic rings. The number of piperidine rings is 1. The minimum absolute atomic E-state index is 0.0656. The molecular weight excluding hydrogens is 395 g/mol. The Balaban J connectivity index is 1.96. The number of carbonyl (C=O) groups is 2. The standard InChI is InChI=1S/C18H22F3N3O5/c1-2-29-16(25)5-8-22-17(26)12-6-9-23(10-7-12)14-4-3-13(18(19,20)21)11-15(14)24(27)28/h3-4,11-12H,2,5-10H2,1H3,(H,22,26). The summed E-state index contributed by atoms with van der Waals surface area (Å²) in [5, 5.41) is 13.9. The molecule has 0 spiro atoms. The summed E-state index contributed by atoms with van der Waals surface area (Å²) in [5.41, 5.74) is -1.59. The number of anilines is 1. The molecule has 11 heteroatoms. The first-order valence-corrected chi connectivity index (χ1v) is 9.17. The molecule has 0 aliphatic carbocycles. The van der Waals surface area contributed by atoms with Gasteiger partial charge in [-0.3, -0.25) is 19.7 Å². The van der Waals surface area contributed by atoms with Gasteiger partial charge in [0.15, 0.2) is 0 Å². The van der Waals surface area contributed by atoms with Crippen molar-refractivity contribution in [1.29, 1.82) is 0 Å². The van der Waals surface area contributed by atoms with Gasteiger partial charge in [-0.05, 0) is 31.9 Å². The zero-order valence-corrected chi connectivity index (χ0v) is 15.8. The second-order valence-corrected chi connectivity index (χ2v) is 6.57. The Kier molecular flexibility index (Phi) is 7.40. The molecular formula is C18H22F3N3O5. The van der Waals surface area contributed by atoms with Crippen LogP contribution in [-0.4, -0.2) is 43.0 Å². The second-order valence-electron chi connectivity index (χ2n) is 6.57. The van der Waals surface area contributed by atoms with Crippen molar-refractivity contribution in [2.75, 3.05) is 31.1 Å². The van der Waals surface area contributed by atoms with E-state index in [1.165, 1.54) is 0 Å². The summed E-state index contributed by atoms with van der Waals surface area (Å²) in [6.07, 6.45) is -3.82. The maximum absolute atomic E-state index is 12.8. The number of nitro groups is 1. The summed E-state index contributed by atoms with van der Waals surface area (Å²) in [6.45, 7) is 2.69. The molecule has 1 heterocycles. The van der Waals surface area contributed by atoms with Crippen LogP contribution in [0.15, 0.2) is 18.2 Å². The number of esters is 1. The summed E-state index contributed by atoms with van der Waals surface area (Å²) in [4.78, 5) is 35.5. The molecule has 29 heavy (non-hydrogen) atoms. The fourth-order valence-corrected chi connectivity index (χ4v) is 3.16. The Hall–Kier alpha value is -2.85. The van der Waals surface area contributed by atoms with Gasteiger partial charge in [-0.15, -0.1) is 0 Å². The van der Waals surface area contributed by atoms with Crippen molar-refractivity contribution in [2.45, 2.75) is 32.4 Å². The quantitative estimate of drug-likeness (QED) is 0.416. The molecule has 1 aromatic carbocycles. The molecule has 2 rings (SSSR count). The van der Waals surface area contributed by atoms with Crippen molar-refractivity contribution < 1.29 is 32.4 Å². The number of nitrogens with zero attached hydrogens (tertiary/aromatic N) is 2. The average Bonchev–Trinajstić information content (AvgIpc) is 2.67. The lowest BCUT2D eigenvalue weighted by molar-refractivity contribution is -0.384. The van der Waals surface area contributed by atoms with Crippen LogP contribution in [0, 0.1) is 16.0 Å². The van der Waals surface area contributed by atoms with E-state index in [0.717, 1.165) is 12.1 Å². The van der Waals surface area contributed by atoms with Crippen molar-refractivity contribution >= 4 is 23.3 Å². The van der Waals surface area contributed by atoms with Gasteiger partial charge in [-0.1, -0.05) is 0 Å². The largest absolute Gasteiger partial charge is 0.466 e. The third-order valence-electron chi connectivity index (χ3n) is 4.64. The van der Waals surface area contributed by atoms with E-state index < -0.39 is 28.3 Å². The number of nitrogens with one attached hydrogen (secondary N) is 1. The lowest BCUT2D eigenvalue weighted by Gasteiger charge is -2.32. The van der Waals surface area contributed by atoms with E-state index in [9.17, 15) is 32.9 Å². The van der Waals surface area contributed by atoms with E-state index in [1.807, 2.05) is 0 Å². The maximum atomic E-state index is 12.8. The number of nitro benzene ring substituents is 1. The van der Waals surface area contributed by atoms with Crippen LogP contribution in [0.3, 0.4) is 0 Å². The van der Waals surface area contributed by atoms with Gasteiger partial charge >= 0.3 is 12.1 Å². The van der Waals surface area contributed by atoms with Gasteiger partial charge in [0.25, 0.3) is 5.69 Å². The van der Waals surface area contributed by atoms with E-state index >= 15 is 0 Å². The van der Waals surface area contributed by atoms with Crippen LogP contribution in [0.4, 0.5) is 24.5 Å². The first-order valence-electron chi connectivity index (χ1n) is 9.17. The van der Waals surface area contributed by atoms with Gasteiger partial charge < -0.3 is 15.0 Å². The van der Waals surface area contributed by atoms with E-state index in [4.69, 9.17) is 4.74 Å². The molecule has 1 aliphatic heterocycles. The van der Waals surface area contributed by atoms with Crippen LogP contribution < -0.4 is 10.2 Å². The average molecular weight is 417 g/mol. The smallest absolute Gasteiger partial charge is 0.416 e. The number of hydrogen-bond acceptors (Lipinski definition) is 6. The molecule has 1 fully saturated rings. The van der Waals surface area contributed by atoms with E-state index in [0.29, 0.717) is 32.0 Å². The van der Waals surface area contributed by atoms with Crippen LogP contribution in [0.2, 0.25) is 0 Å². The predicted octanol–water partition coefficient (Wildman–Crippen LogP) is 2.90. The number of carbonyl (C=O) groups excluding carboxylic acids is 2. The molecule has 1 amide bonds. The summed E-state index contributed by atoms with van der Waals surface area (Å²) < 4.78 is 43.3. The zero-order chi connectivity index (χ0) is 21.6. The number of benzene rings is 1. The molecule has 1 N–H and O–H groups in total. The SMILES string of the molecule is CCOC(=O)CCNC(=O)C1CCN(c2ccc(C(F)(F)F)cc2[N+](=O)[O-])CC1. The van der Waals surface area contributed by atoms with Gasteiger partial charge in [-0.2, -0.15) is 13.2 Å². The fourth-order valence-electron chi connectivity index (χ4n) is 3.16.